The summed E-state index contributed by atoms with van der Waals surface area (Å²) in [5.74, 6) is 3.21. The predicted molar refractivity (Wildman–Crippen MR) is 134 cm³/mol. The minimum absolute atomic E-state index is 0.00412. The van der Waals surface area contributed by atoms with Crippen molar-refractivity contribution >= 4 is 20.8 Å². The SMILES string of the molecule is CC(=O)O[C@H]1CC[C@H]2[C@@H]3CCC4=C(C(C)(C)C(C)C)C(=O)CC[C@@H]4[C@H]3CC[C@]12CO[SiH](C)C. The fourth-order valence-corrected chi connectivity index (χ4v) is 8.73. The number of carbonyl (C=O) groups excluding carboxylic acids is 2. The van der Waals surface area contributed by atoms with E-state index in [1.54, 1.807) is 6.92 Å². The fraction of sp³-hybridized carbons (Fsp3) is 0.857. The molecule has 0 bridgehead atoms. The highest BCUT2D eigenvalue weighted by atomic mass is 28.3. The molecule has 0 N–H and O–H groups in total. The first-order chi connectivity index (χ1) is 15.5. The predicted octanol–water partition coefficient (Wildman–Crippen LogP) is 6.09. The molecule has 0 aromatic rings. The third kappa shape index (κ3) is 4.30. The van der Waals surface area contributed by atoms with Gasteiger partial charge in [-0.3, -0.25) is 9.59 Å². The molecule has 0 unspecified atom stereocenters. The molecule has 6 atom stereocenters. The minimum Gasteiger partial charge on any atom is -0.462 e. The molecule has 0 spiro atoms. The number of ether oxygens (including phenoxy) is 1. The molecule has 4 aliphatic carbocycles. The Labute approximate surface area is 203 Å². The molecule has 0 aromatic heterocycles. The van der Waals surface area contributed by atoms with Crippen LogP contribution < -0.4 is 0 Å². The quantitative estimate of drug-likeness (QED) is 0.345. The number of esters is 1. The summed E-state index contributed by atoms with van der Waals surface area (Å²) in [5, 5.41) is 0. The lowest BCUT2D eigenvalue weighted by Crippen LogP contribution is -2.52. The molecule has 0 radical (unpaired) electrons. The van der Waals surface area contributed by atoms with Gasteiger partial charge in [-0.1, -0.05) is 33.3 Å². The molecular formula is C28H46O4Si. The number of fused-ring (bicyclic) bond motifs is 5. The summed E-state index contributed by atoms with van der Waals surface area (Å²) in [6.45, 7) is 15.9. The maximum atomic E-state index is 13.2. The second-order valence-corrected chi connectivity index (χ2v) is 15.1. The monoisotopic (exact) mass is 474 g/mol. The van der Waals surface area contributed by atoms with Gasteiger partial charge in [0.25, 0.3) is 0 Å². The lowest BCUT2D eigenvalue weighted by Gasteiger charge is -2.55. The summed E-state index contributed by atoms with van der Waals surface area (Å²) in [6.07, 6.45) is 8.43. The van der Waals surface area contributed by atoms with Crippen LogP contribution in [0.1, 0.15) is 86.0 Å². The Morgan fingerprint density at radius 1 is 1.09 bits per heavy atom. The van der Waals surface area contributed by atoms with Crippen LogP contribution in [0.4, 0.5) is 0 Å². The zero-order chi connectivity index (χ0) is 24.1. The summed E-state index contributed by atoms with van der Waals surface area (Å²) < 4.78 is 12.3. The van der Waals surface area contributed by atoms with Gasteiger partial charge in [0, 0.05) is 30.9 Å². The van der Waals surface area contributed by atoms with Crippen LogP contribution in [0.3, 0.4) is 0 Å². The lowest BCUT2D eigenvalue weighted by atomic mass is 9.50. The summed E-state index contributed by atoms with van der Waals surface area (Å²) in [6, 6.07) is 0. The van der Waals surface area contributed by atoms with E-state index in [0.717, 1.165) is 45.1 Å². The van der Waals surface area contributed by atoms with E-state index < -0.39 is 9.04 Å². The van der Waals surface area contributed by atoms with Crippen molar-refractivity contribution in [2.45, 2.75) is 105 Å². The van der Waals surface area contributed by atoms with Crippen molar-refractivity contribution in [3.63, 3.8) is 0 Å². The van der Waals surface area contributed by atoms with E-state index in [2.05, 4.69) is 40.8 Å². The minimum atomic E-state index is -1.15. The highest BCUT2D eigenvalue weighted by Crippen LogP contribution is 2.63. The molecule has 4 nitrogen and oxygen atoms in total. The normalized spacial score (nSPS) is 36.6. The number of hydrogen-bond acceptors (Lipinski definition) is 4. The van der Waals surface area contributed by atoms with Gasteiger partial charge in [-0.25, -0.2) is 0 Å². The van der Waals surface area contributed by atoms with Crippen LogP contribution in [-0.4, -0.2) is 33.5 Å². The molecule has 4 rings (SSSR count). The van der Waals surface area contributed by atoms with Crippen LogP contribution in [0.5, 0.6) is 0 Å². The summed E-state index contributed by atoms with van der Waals surface area (Å²) >= 11 is 0. The molecule has 33 heavy (non-hydrogen) atoms. The van der Waals surface area contributed by atoms with Gasteiger partial charge in [-0.15, -0.1) is 0 Å². The average Bonchev–Trinajstić information content (AvgIpc) is 3.09. The van der Waals surface area contributed by atoms with Crippen LogP contribution >= 0.6 is 0 Å². The first-order valence-electron chi connectivity index (χ1n) is 13.5. The zero-order valence-corrected chi connectivity index (χ0v) is 23.2. The standard InChI is InChI=1S/C28H46O4Si/c1-17(2)27(4,5)26-22-9-8-21-20(19(22)10-12-24(26)30)14-15-28(16-31-33(6)7)23(21)11-13-25(28)32-18(3)29/h17,19-21,23,25,33H,8-16H2,1-7H3/t19-,20-,21-,23+,25+,28-/m1/s1. The van der Waals surface area contributed by atoms with E-state index in [1.165, 1.54) is 24.0 Å². The fourth-order valence-electron chi connectivity index (χ4n) is 8.08. The lowest BCUT2D eigenvalue weighted by molar-refractivity contribution is -0.160. The molecule has 0 amide bonds. The van der Waals surface area contributed by atoms with Crippen molar-refractivity contribution < 1.29 is 18.8 Å². The molecule has 0 aromatic carbocycles. The van der Waals surface area contributed by atoms with Crippen LogP contribution in [0.2, 0.25) is 13.1 Å². The van der Waals surface area contributed by atoms with Gasteiger partial charge in [0.1, 0.15) is 6.10 Å². The maximum Gasteiger partial charge on any atom is 0.302 e. The second-order valence-electron chi connectivity index (χ2n) is 12.6. The van der Waals surface area contributed by atoms with Crippen molar-refractivity contribution in [2.75, 3.05) is 6.61 Å². The number of Topliss-reactive ketones (excluding diaryl/α,β-unsaturated/α-hetero) is 1. The topological polar surface area (TPSA) is 52.6 Å². The number of ketones is 1. The van der Waals surface area contributed by atoms with Gasteiger partial charge in [0.15, 0.2) is 14.8 Å². The number of hydrogen-bond donors (Lipinski definition) is 0. The van der Waals surface area contributed by atoms with Crippen LogP contribution in [0.15, 0.2) is 11.1 Å². The molecule has 0 heterocycles. The van der Waals surface area contributed by atoms with E-state index in [9.17, 15) is 9.59 Å². The van der Waals surface area contributed by atoms with Crippen molar-refractivity contribution in [2.24, 2.45) is 40.4 Å². The van der Waals surface area contributed by atoms with E-state index >= 15 is 0 Å². The third-order valence-electron chi connectivity index (χ3n) is 10.2. The first-order valence-corrected chi connectivity index (χ1v) is 16.3. The summed E-state index contributed by atoms with van der Waals surface area (Å²) in [4.78, 5) is 25.1. The van der Waals surface area contributed by atoms with Crippen molar-refractivity contribution in [1.82, 2.24) is 0 Å². The van der Waals surface area contributed by atoms with Crippen LogP contribution in [-0.2, 0) is 18.8 Å². The Kier molecular flexibility index (Phi) is 7.06. The Bertz CT molecular complexity index is 813. The number of carbonyl (C=O) groups is 2. The molecule has 4 aliphatic rings. The van der Waals surface area contributed by atoms with E-state index in [4.69, 9.17) is 9.16 Å². The Hall–Kier alpha value is -0.943. The van der Waals surface area contributed by atoms with Gasteiger partial charge in [-0.05, 0) is 93.0 Å². The highest BCUT2D eigenvalue weighted by Gasteiger charge is 2.60. The molecule has 5 heteroatoms. The average molecular weight is 475 g/mol. The van der Waals surface area contributed by atoms with E-state index in [1.807, 2.05) is 0 Å². The Morgan fingerprint density at radius 2 is 1.82 bits per heavy atom. The largest absolute Gasteiger partial charge is 0.462 e. The van der Waals surface area contributed by atoms with Crippen molar-refractivity contribution in [1.29, 1.82) is 0 Å². The van der Waals surface area contributed by atoms with Gasteiger partial charge >= 0.3 is 5.97 Å². The molecule has 0 saturated heterocycles. The number of rotatable bonds is 6. The van der Waals surface area contributed by atoms with Crippen molar-refractivity contribution in [3.05, 3.63) is 11.1 Å². The summed E-state index contributed by atoms with van der Waals surface area (Å²) in [7, 11) is -1.15. The maximum absolute atomic E-state index is 13.2. The van der Waals surface area contributed by atoms with Crippen molar-refractivity contribution in [3.8, 4) is 0 Å². The van der Waals surface area contributed by atoms with Crippen LogP contribution in [0, 0.1) is 40.4 Å². The molecule has 3 fully saturated rings. The van der Waals surface area contributed by atoms with Gasteiger partial charge in [-0.2, -0.15) is 0 Å². The summed E-state index contributed by atoms with van der Waals surface area (Å²) in [5.41, 5.74) is 2.64. The van der Waals surface area contributed by atoms with Gasteiger partial charge < -0.3 is 9.16 Å². The van der Waals surface area contributed by atoms with Crippen LogP contribution in [0.25, 0.3) is 0 Å². The Morgan fingerprint density at radius 3 is 2.45 bits per heavy atom. The van der Waals surface area contributed by atoms with E-state index in [0.29, 0.717) is 35.4 Å². The zero-order valence-electron chi connectivity index (χ0n) is 22.0. The third-order valence-corrected chi connectivity index (χ3v) is 11.0. The number of allylic oxidation sites excluding steroid dienone is 1. The molecular weight excluding hydrogens is 428 g/mol. The molecule has 0 aliphatic heterocycles. The van der Waals surface area contributed by atoms with Gasteiger partial charge in [0.05, 0.1) is 0 Å². The Balaban J connectivity index is 1.66. The van der Waals surface area contributed by atoms with E-state index in [-0.39, 0.29) is 22.9 Å². The van der Waals surface area contributed by atoms with Gasteiger partial charge in [0.2, 0.25) is 0 Å². The second kappa shape index (κ2) is 9.26. The molecule has 186 valence electrons. The smallest absolute Gasteiger partial charge is 0.302 e. The molecule has 3 saturated carbocycles. The highest BCUT2D eigenvalue weighted by molar-refractivity contribution is 6.48. The first kappa shape index (κ1) is 25.2.